The molecule has 1 unspecified atom stereocenters. The number of nitrogens with zero attached hydrogens (tertiary/aromatic N) is 3. The molecule has 1 aromatic carbocycles. The van der Waals surface area contributed by atoms with Gasteiger partial charge in [-0.05, 0) is 43.5 Å². The van der Waals surface area contributed by atoms with Crippen molar-refractivity contribution in [1.29, 1.82) is 0 Å². The fourth-order valence-corrected chi connectivity index (χ4v) is 3.87. The van der Waals surface area contributed by atoms with Crippen LogP contribution in [0.5, 0.6) is 5.75 Å². The number of urea groups is 1. The van der Waals surface area contributed by atoms with Gasteiger partial charge in [0.2, 0.25) is 5.91 Å². The maximum Gasteiger partial charge on any atom is 0.317 e. The molecule has 3 rings (SSSR count). The average Bonchev–Trinajstić information content (AvgIpc) is 3.24. The summed E-state index contributed by atoms with van der Waals surface area (Å²) in [6.45, 7) is 10.8. The van der Waals surface area contributed by atoms with Crippen molar-refractivity contribution in [3.8, 4) is 5.75 Å². The third-order valence-electron chi connectivity index (χ3n) is 6.06. The Morgan fingerprint density at radius 3 is 2.26 bits per heavy atom. The summed E-state index contributed by atoms with van der Waals surface area (Å²) in [5.41, 5.74) is -0.269. The van der Waals surface area contributed by atoms with Crippen LogP contribution >= 0.6 is 0 Å². The number of rotatable bonds is 6. The predicted octanol–water partition coefficient (Wildman–Crippen LogP) is 2.57. The van der Waals surface area contributed by atoms with Crippen molar-refractivity contribution in [2.45, 2.75) is 39.7 Å². The quantitative estimate of drug-likeness (QED) is 0.748. The number of benzene rings is 1. The summed E-state index contributed by atoms with van der Waals surface area (Å²) in [6, 6.07) is 5.78. The lowest BCUT2D eigenvalue weighted by molar-refractivity contribution is -0.133. The Labute approximate surface area is 184 Å². The Morgan fingerprint density at radius 2 is 1.65 bits per heavy atom. The average molecular weight is 435 g/mol. The normalized spacial score (nSPS) is 18.7. The Balaban J connectivity index is 1.49. The predicted molar refractivity (Wildman–Crippen MR) is 117 cm³/mol. The van der Waals surface area contributed by atoms with Gasteiger partial charge in [0.1, 0.15) is 6.61 Å². The molecule has 2 aliphatic rings. The molecule has 0 aliphatic carbocycles. The van der Waals surface area contributed by atoms with E-state index in [1.165, 1.54) is 6.07 Å². The first-order valence-corrected chi connectivity index (χ1v) is 11.2. The second-order valence-electron chi connectivity index (χ2n) is 9.46. The molecule has 7 nitrogen and oxygen atoms in total. The molecule has 2 heterocycles. The molecule has 0 radical (unpaired) electrons. The van der Waals surface area contributed by atoms with Gasteiger partial charge in [-0.2, -0.15) is 0 Å². The topological polar surface area (TPSA) is 65.1 Å². The van der Waals surface area contributed by atoms with E-state index in [1.54, 1.807) is 23.1 Å². The van der Waals surface area contributed by atoms with Crippen LogP contribution in [-0.2, 0) is 4.79 Å². The van der Waals surface area contributed by atoms with Crippen LogP contribution < -0.4 is 10.1 Å². The molecule has 0 bridgehead atoms. The van der Waals surface area contributed by atoms with E-state index in [2.05, 4.69) is 10.2 Å². The van der Waals surface area contributed by atoms with Crippen LogP contribution in [0.3, 0.4) is 0 Å². The maximum absolute atomic E-state index is 13.9. The van der Waals surface area contributed by atoms with Crippen LogP contribution in [0.1, 0.15) is 33.6 Å². The first-order chi connectivity index (χ1) is 14.7. The first-order valence-electron chi connectivity index (χ1n) is 11.2. The summed E-state index contributed by atoms with van der Waals surface area (Å²) in [4.78, 5) is 31.2. The van der Waals surface area contributed by atoms with Crippen molar-refractivity contribution in [2.75, 3.05) is 52.4 Å². The van der Waals surface area contributed by atoms with E-state index in [9.17, 15) is 14.0 Å². The summed E-state index contributed by atoms with van der Waals surface area (Å²) < 4.78 is 19.5. The molecule has 2 saturated heterocycles. The summed E-state index contributed by atoms with van der Waals surface area (Å²) in [7, 11) is 0. The highest BCUT2D eigenvalue weighted by Gasteiger charge is 2.31. The molecule has 1 aromatic rings. The van der Waals surface area contributed by atoms with E-state index >= 15 is 0 Å². The second kappa shape index (κ2) is 10.3. The molecule has 8 heteroatoms. The minimum absolute atomic E-state index is 0.146. The number of carbonyl (C=O) groups is 2. The van der Waals surface area contributed by atoms with Gasteiger partial charge in [-0.15, -0.1) is 0 Å². The molecule has 0 aromatic heterocycles. The number of amides is 3. The van der Waals surface area contributed by atoms with Gasteiger partial charge in [0.25, 0.3) is 0 Å². The highest BCUT2D eigenvalue weighted by atomic mass is 19.1. The van der Waals surface area contributed by atoms with Crippen LogP contribution in [-0.4, -0.2) is 85.1 Å². The van der Waals surface area contributed by atoms with E-state index < -0.39 is 5.82 Å². The summed E-state index contributed by atoms with van der Waals surface area (Å²) in [5, 5.41) is 3.05. The van der Waals surface area contributed by atoms with Crippen molar-refractivity contribution in [3.63, 3.8) is 0 Å². The largest absolute Gasteiger partial charge is 0.488 e. The van der Waals surface area contributed by atoms with Crippen molar-refractivity contribution >= 4 is 11.9 Å². The lowest BCUT2D eigenvalue weighted by Gasteiger charge is -2.38. The fourth-order valence-electron chi connectivity index (χ4n) is 3.87. The monoisotopic (exact) mass is 434 g/mol. The number of halogens is 1. The zero-order valence-corrected chi connectivity index (χ0v) is 18.9. The molecule has 1 atom stereocenters. The summed E-state index contributed by atoms with van der Waals surface area (Å²) >= 11 is 0. The van der Waals surface area contributed by atoms with Crippen molar-refractivity contribution < 1.29 is 18.7 Å². The highest BCUT2D eigenvalue weighted by Crippen LogP contribution is 2.22. The lowest BCUT2D eigenvalue weighted by Crippen LogP contribution is -2.57. The Morgan fingerprint density at radius 1 is 1.03 bits per heavy atom. The SMILES string of the molecule is CC(C)(C)C(COc1ccccc1F)NC(=O)N1CCN(C(=O)CN2CCCC2)CC1. The molecule has 31 heavy (non-hydrogen) atoms. The molecule has 172 valence electrons. The van der Waals surface area contributed by atoms with Gasteiger partial charge >= 0.3 is 6.03 Å². The van der Waals surface area contributed by atoms with E-state index in [0.717, 1.165) is 25.9 Å². The number of hydrogen-bond donors (Lipinski definition) is 1. The second-order valence-corrected chi connectivity index (χ2v) is 9.46. The summed E-state index contributed by atoms with van der Waals surface area (Å²) in [6.07, 6.45) is 2.33. The van der Waals surface area contributed by atoms with Gasteiger partial charge in [0.15, 0.2) is 11.6 Å². The molecule has 1 N–H and O–H groups in total. The van der Waals surface area contributed by atoms with Gasteiger partial charge in [0.05, 0.1) is 12.6 Å². The van der Waals surface area contributed by atoms with Crippen LogP contribution in [0, 0.1) is 11.2 Å². The minimum Gasteiger partial charge on any atom is -0.488 e. The van der Waals surface area contributed by atoms with E-state index in [-0.39, 0.29) is 35.8 Å². The number of piperazine rings is 1. The van der Waals surface area contributed by atoms with Gasteiger partial charge in [-0.25, -0.2) is 9.18 Å². The molecule has 0 spiro atoms. The highest BCUT2D eigenvalue weighted by molar-refractivity contribution is 5.79. The van der Waals surface area contributed by atoms with E-state index in [4.69, 9.17) is 4.74 Å². The third kappa shape index (κ3) is 6.56. The van der Waals surface area contributed by atoms with Crippen LogP contribution in [0.4, 0.5) is 9.18 Å². The van der Waals surface area contributed by atoms with E-state index in [1.807, 2.05) is 25.7 Å². The number of likely N-dealkylation sites (tertiary alicyclic amines) is 1. The Hall–Kier alpha value is -2.35. The Kier molecular flexibility index (Phi) is 7.75. The minimum atomic E-state index is -0.420. The molecule has 0 saturated carbocycles. The lowest BCUT2D eigenvalue weighted by atomic mass is 9.87. The molecular weight excluding hydrogens is 399 g/mol. The first kappa shape index (κ1) is 23.3. The molecular formula is C23H35FN4O3. The standard InChI is InChI=1S/C23H35FN4O3/c1-23(2,3)20(17-31-19-9-5-4-8-18(19)24)25-22(30)28-14-12-27(13-15-28)21(29)16-26-10-6-7-11-26/h4-5,8-9,20H,6-7,10-17H2,1-3H3,(H,25,30). The summed E-state index contributed by atoms with van der Waals surface area (Å²) in [5.74, 6) is -0.0971. The molecule has 2 fully saturated rings. The molecule has 3 amide bonds. The van der Waals surface area contributed by atoms with Gasteiger partial charge < -0.3 is 19.9 Å². The zero-order chi connectivity index (χ0) is 22.4. The van der Waals surface area contributed by atoms with Gasteiger partial charge in [-0.1, -0.05) is 32.9 Å². The third-order valence-corrected chi connectivity index (χ3v) is 6.06. The van der Waals surface area contributed by atoms with Crippen molar-refractivity contribution in [3.05, 3.63) is 30.1 Å². The Bertz CT molecular complexity index is 753. The van der Waals surface area contributed by atoms with Crippen LogP contribution in [0.25, 0.3) is 0 Å². The van der Waals surface area contributed by atoms with Crippen LogP contribution in [0.2, 0.25) is 0 Å². The molecule has 2 aliphatic heterocycles. The van der Waals surface area contributed by atoms with E-state index in [0.29, 0.717) is 32.7 Å². The number of para-hydroxylation sites is 1. The zero-order valence-electron chi connectivity index (χ0n) is 18.9. The fraction of sp³-hybridized carbons (Fsp3) is 0.652. The number of carbonyl (C=O) groups excluding carboxylic acids is 2. The number of hydrogen-bond acceptors (Lipinski definition) is 4. The van der Waals surface area contributed by atoms with Gasteiger partial charge in [-0.3, -0.25) is 9.69 Å². The van der Waals surface area contributed by atoms with Crippen LogP contribution in [0.15, 0.2) is 24.3 Å². The van der Waals surface area contributed by atoms with Crippen molar-refractivity contribution in [2.24, 2.45) is 5.41 Å². The van der Waals surface area contributed by atoms with Gasteiger partial charge in [0, 0.05) is 26.2 Å². The smallest absolute Gasteiger partial charge is 0.317 e. The van der Waals surface area contributed by atoms with Crippen molar-refractivity contribution in [1.82, 2.24) is 20.0 Å². The maximum atomic E-state index is 13.9. The number of ether oxygens (including phenoxy) is 1. The number of nitrogens with one attached hydrogen (secondary N) is 1.